The summed E-state index contributed by atoms with van der Waals surface area (Å²) < 4.78 is 23.5. The molecule has 298 valence electrons. The molecule has 0 aliphatic carbocycles. The highest BCUT2D eigenvalue weighted by molar-refractivity contribution is 6.12. The molecule has 0 saturated heterocycles. The SMILES string of the molecule is COC(=O)c1ccc(CN(CCc2ccc(NC(=O)c3cc(OC)c(OC)cc3NC(=O)c3cc(=O)c4ccccc4o3)cc2)Cc2cccc(-n3ccnc3)c2)cc1. The molecule has 0 atom stereocenters. The first-order chi connectivity index (χ1) is 28.7. The molecule has 0 fully saturated rings. The van der Waals surface area contributed by atoms with Crippen LogP contribution in [0.15, 0.2) is 143 Å². The minimum Gasteiger partial charge on any atom is -0.493 e. The summed E-state index contributed by atoms with van der Waals surface area (Å²) >= 11 is 0. The molecule has 13 nitrogen and oxygen atoms in total. The number of aromatic nitrogens is 2. The first-order valence-corrected chi connectivity index (χ1v) is 18.7. The van der Waals surface area contributed by atoms with Crippen molar-refractivity contribution in [3.63, 3.8) is 0 Å². The Hall–Kier alpha value is -7.51. The Morgan fingerprint density at radius 2 is 1.47 bits per heavy atom. The molecule has 2 aromatic heterocycles. The zero-order chi connectivity index (χ0) is 41.3. The summed E-state index contributed by atoms with van der Waals surface area (Å²) in [6.45, 7) is 2.03. The number of amides is 2. The van der Waals surface area contributed by atoms with Crippen molar-refractivity contribution < 1.29 is 33.0 Å². The van der Waals surface area contributed by atoms with Gasteiger partial charge < -0.3 is 33.8 Å². The van der Waals surface area contributed by atoms with E-state index in [2.05, 4.69) is 32.7 Å². The number of carbonyl (C=O) groups excluding carboxylic acids is 3. The van der Waals surface area contributed by atoms with Gasteiger partial charge in [-0.15, -0.1) is 0 Å². The van der Waals surface area contributed by atoms with Crippen LogP contribution in [0.2, 0.25) is 0 Å². The minimum atomic E-state index is -0.725. The van der Waals surface area contributed by atoms with Gasteiger partial charge in [-0.05, 0) is 77.7 Å². The van der Waals surface area contributed by atoms with E-state index in [9.17, 15) is 19.2 Å². The van der Waals surface area contributed by atoms with Crippen LogP contribution in [0.25, 0.3) is 16.7 Å². The van der Waals surface area contributed by atoms with E-state index in [-0.39, 0.29) is 45.5 Å². The van der Waals surface area contributed by atoms with Crippen molar-refractivity contribution in [2.24, 2.45) is 0 Å². The van der Waals surface area contributed by atoms with E-state index in [1.54, 1.807) is 48.9 Å². The molecule has 2 heterocycles. The van der Waals surface area contributed by atoms with Crippen LogP contribution in [0, 0.1) is 0 Å². The third-order valence-corrected chi connectivity index (χ3v) is 9.70. The second kappa shape index (κ2) is 18.2. The number of rotatable bonds is 15. The molecule has 7 aromatic rings. The zero-order valence-electron chi connectivity index (χ0n) is 32.6. The van der Waals surface area contributed by atoms with Gasteiger partial charge in [0.2, 0.25) is 0 Å². The molecule has 0 aliphatic heterocycles. The Morgan fingerprint density at radius 1 is 0.746 bits per heavy atom. The molecule has 0 bridgehead atoms. The summed E-state index contributed by atoms with van der Waals surface area (Å²) in [5, 5.41) is 5.96. The standard InChI is InChI=1S/C46H41N5O8/c1-56-41-24-37(38(25-42(41)57-2)49-45(54)43-26-39(52)36-9-4-5-10-40(36)59-43)44(53)48-34-17-13-30(14-18-34)19-21-50(27-31-11-15-33(16-12-31)46(55)58-3)28-32-7-6-8-35(23-32)51-22-20-47-29-51/h4-18,20,22-26,29H,19,21,27-28H2,1-3H3,(H,48,53)(H,49,54). The number of carbonyl (C=O) groups is 3. The Labute approximate surface area is 339 Å². The van der Waals surface area contributed by atoms with E-state index in [1.165, 1.54) is 33.5 Å². The second-order valence-corrected chi connectivity index (χ2v) is 13.6. The van der Waals surface area contributed by atoms with E-state index in [4.69, 9.17) is 18.6 Å². The summed E-state index contributed by atoms with van der Waals surface area (Å²) in [4.78, 5) is 58.4. The van der Waals surface area contributed by atoms with Gasteiger partial charge in [0.15, 0.2) is 22.7 Å². The molecule has 7 rings (SSSR count). The van der Waals surface area contributed by atoms with Crippen LogP contribution in [0.1, 0.15) is 48.0 Å². The van der Waals surface area contributed by atoms with Gasteiger partial charge in [-0.1, -0.05) is 48.5 Å². The van der Waals surface area contributed by atoms with Gasteiger partial charge in [-0.2, -0.15) is 0 Å². The summed E-state index contributed by atoms with van der Waals surface area (Å²) in [7, 11) is 4.25. The van der Waals surface area contributed by atoms with Gasteiger partial charge in [0, 0.05) is 55.5 Å². The quantitative estimate of drug-likeness (QED) is 0.0997. The zero-order valence-corrected chi connectivity index (χ0v) is 32.6. The Bertz CT molecular complexity index is 2660. The van der Waals surface area contributed by atoms with Gasteiger partial charge in [0.25, 0.3) is 11.8 Å². The predicted molar refractivity (Wildman–Crippen MR) is 224 cm³/mol. The first kappa shape index (κ1) is 39.7. The lowest BCUT2D eigenvalue weighted by atomic mass is 10.1. The fourth-order valence-electron chi connectivity index (χ4n) is 6.63. The second-order valence-electron chi connectivity index (χ2n) is 13.6. The predicted octanol–water partition coefficient (Wildman–Crippen LogP) is 7.53. The average molecular weight is 792 g/mol. The van der Waals surface area contributed by atoms with Crippen LogP contribution in [0.3, 0.4) is 0 Å². The summed E-state index contributed by atoms with van der Waals surface area (Å²) in [5.41, 5.74) is 5.37. The lowest BCUT2D eigenvalue weighted by Crippen LogP contribution is -2.25. The molecular weight excluding hydrogens is 751 g/mol. The maximum atomic E-state index is 13.8. The molecule has 2 N–H and O–H groups in total. The van der Waals surface area contributed by atoms with Gasteiger partial charge in [0.05, 0.1) is 49.9 Å². The third-order valence-electron chi connectivity index (χ3n) is 9.70. The molecule has 13 heteroatoms. The van der Waals surface area contributed by atoms with Crippen LogP contribution in [-0.4, -0.2) is 60.1 Å². The van der Waals surface area contributed by atoms with Crippen molar-refractivity contribution in [1.82, 2.24) is 14.5 Å². The highest BCUT2D eigenvalue weighted by atomic mass is 16.5. The number of para-hydroxylation sites is 1. The number of fused-ring (bicyclic) bond motifs is 1. The smallest absolute Gasteiger partial charge is 0.337 e. The van der Waals surface area contributed by atoms with Crippen molar-refractivity contribution in [2.75, 3.05) is 38.5 Å². The third kappa shape index (κ3) is 9.55. The Balaban J connectivity index is 1.06. The van der Waals surface area contributed by atoms with Crippen molar-refractivity contribution >= 4 is 40.1 Å². The lowest BCUT2D eigenvalue weighted by molar-refractivity contribution is 0.0600. The van der Waals surface area contributed by atoms with Crippen LogP contribution >= 0.6 is 0 Å². The monoisotopic (exact) mass is 791 g/mol. The summed E-state index contributed by atoms with van der Waals surface area (Å²) in [6.07, 6.45) is 6.14. The lowest BCUT2D eigenvalue weighted by Gasteiger charge is -2.23. The highest BCUT2D eigenvalue weighted by Crippen LogP contribution is 2.34. The van der Waals surface area contributed by atoms with E-state index >= 15 is 0 Å². The van der Waals surface area contributed by atoms with Gasteiger partial charge in [0.1, 0.15) is 5.58 Å². The van der Waals surface area contributed by atoms with Crippen LogP contribution in [-0.2, 0) is 24.2 Å². The number of benzene rings is 5. The van der Waals surface area contributed by atoms with Gasteiger partial charge in [-0.3, -0.25) is 19.3 Å². The minimum absolute atomic E-state index is 0.0931. The van der Waals surface area contributed by atoms with Crippen molar-refractivity contribution in [3.8, 4) is 17.2 Å². The summed E-state index contributed by atoms with van der Waals surface area (Å²) in [6, 6.07) is 34.0. The van der Waals surface area contributed by atoms with Gasteiger partial charge in [-0.25, -0.2) is 9.78 Å². The van der Waals surface area contributed by atoms with E-state index in [1.807, 2.05) is 59.3 Å². The van der Waals surface area contributed by atoms with E-state index in [0.717, 1.165) is 28.4 Å². The first-order valence-electron chi connectivity index (χ1n) is 18.7. The van der Waals surface area contributed by atoms with Crippen LogP contribution in [0.4, 0.5) is 11.4 Å². The Morgan fingerprint density at radius 3 is 2.20 bits per heavy atom. The molecule has 2 amide bonds. The number of nitrogens with zero attached hydrogens (tertiary/aromatic N) is 3. The number of hydrogen-bond donors (Lipinski definition) is 2. The van der Waals surface area contributed by atoms with Crippen LogP contribution in [0.5, 0.6) is 11.5 Å². The molecular formula is C46H41N5O8. The number of hydrogen-bond acceptors (Lipinski definition) is 10. The van der Waals surface area contributed by atoms with Crippen LogP contribution < -0.4 is 25.5 Å². The molecule has 0 spiro atoms. The number of anilines is 2. The van der Waals surface area contributed by atoms with E-state index in [0.29, 0.717) is 42.7 Å². The topological polar surface area (TPSA) is 154 Å². The molecule has 59 heavy (non-hydrogen) atoms. The molecule has 5 aromatic carbocycles. The number of nitrogens with one attached hydrogen (secondary N) is 2. The molecule has 0 unspecified atom stereocenters. The van der Waals surface area contributed by atoms with Gasteiger partial charge >= 0.3 is 5.97 Å². The number of imidazole rings is 1. The molecule has 0 aliphatic rings. The molecule has 0 radical (unpaired) electrons. The fourth-order valence-corrected chi connectivity index (χ4v) is 6.63. The van der Waals surface area contributed by atoms with Crippen molar-refractivity contribution in [3.05, 3.63) is 178 Å². The Kier molecular flexibility index (Phi) is 12.2. The maximum Gasteiger partial charge on any atom is 0.337 e. The number of methoxy groups -OCH3 is 3. The normalized spacial score (nSPS) is 11.0. The fraction of sp³-hybridized carbons (Fsp3) is 0.152. The number of ether oxygens (including phenoxy) is 3. The largest absolute Gasteiger partial charge is 0.493 e. The summed E-state index contributed by atoms with van der Waals surface area (Å²) in [5.74, 6) is -1.28. The van der Waals surface area contributed by atoms with Crippen molar-refractivity contribution in [2.45, 2.75) is 19.5 Å². The average Bonchev–Trinajstić information content (AvgIpc) is 3.81. The number of esters is 1. The highest BCUT2D eigenvalue weighted by Gasteiger charge is 2.21. The van der Waals surface area contributed by atoms with E-state index < -0.39 is 11.8 Å². The van der Waals surface area contributed by atoms with Crippen molar-refractivity contribution in [1.29, 1.82) is 0 Å². The maximum absolute atomic E-state index is 13.8. The molecule has 0 saturated carbocycles.